The molecule has 1 heterocycles. The lowest BCUT2D eigenvalue weighted by atomic mass is 9.97. The van der Waals surface area contributed by atoms with Crippen molar-refractivity contribution in [3.05, 3.63) is 59.7 Å². The van der Waals surface area contributed by atoms with Crippen LogP contribution in [0.2, 0.25) is 0 Å². The van der Waals surface area contributed by atoms with Crippen LogP contribution in [0, 0.1) is 5.92 Å². The number of ether oxygens (including phenoxy) is 1. The van der Waals surface area contributed by atoms with E-state index in [0.29, 0.717) is 31.6 Å². The van der Waals surface area contributed by atoms with E-state index >= 15 is 0 Å². The van der Waals surface area contributed by atoms with E-state index in [1.807, 2.05) is 30.5 Å². The van der Waals surface area contributed by atoms with Crippen molar-refractivity contribution in [2.75, 3.05) is 31.7 Å². The highest BCUT2D eigenvalue weighted by Crippen LogP contribution is 2.44. The van der Waals surface area contributed by atoms with E-state index in [9.17, 15) is 19.5 Å². The standard InChI is InChI=1S/C26H30N2O5S/c1-34-14-12-23(24(29)28-13-6-7-17(15-28)25(30)31)27-26(32)33-16-22-20-10-4-2-8-18(20)19-9-3-5-11-21(19)22/h2-5,8-11,17,22-23H,6-7,12-16H2,1H3,(H,27,32)(H,30,31)/t17-,23-/m0/s1. The summed E-state index contributed by atoms with van der Waals surface area (Å²) < 4.78 is 5.63. The molecular formula is C26H30N2O5S. The Hall–Kier alpha value is -3.00. The van der Waals surface area contributed by atoms with Crippen LogP contribution in [0.15, 0.2) is 48.5 Å². The Labute approximate surface area is 203 Å². The van der Waals surface area contributed by atoms with Gasteiger partial charge in [-0.1, -0.05) is 48.5 Å². The first-order valence-corrected chi connectivity index (χ1v) is 13.0. The van der Waals surface area contributed by atoms with Crippen LogP contribution in [0.4, 0.5) is 4.79 Å². The number of fused-ring (bicyclic) bond motifs is 3. The van der Waals surface area contributed by atoms with Gasteiger partial charge in [0.15, 0.2) is 0 Å². The molecule has 0 aromatic heterocycles. The SMILES string of the molecule is CSCC[C@H](NC(=O)OCC1c2ccccc2-c2ccccc21)C(=O)N1CCC[C@H](C(=O)O)C1. The Morgan fingerprint density at radius 2 is 1.76 bits per heavy atom. The van der Waals surface area contributed by atoms with E-state index < -0.39 is 24.0 Å². The molecule has 1 aliphatic carbocycles. The van der Waals surface area contributed by atoms with E-state index in [-0.39, 0.29) is 25.0 Å². The molecule has 2 aliphatic rings. The maximum absolute atomic E-state index is 13.1. The first kappa shape index (κ1) is 24.1. The fraction of sp³-hybridized carbons (Fsp3) is 0.423. The zero-order chi connectivity index (χ0) is 24.1. The summed E-state index contributed by atoms with van der Waals surface area (Å²) in [5.74, 6) is -1.06. The van der Waals surface area contributed by atoms with Crippen molar-refractivity contribution in [2.45, 2.75) is 31.2 Å². The van der Waals surface area contributed by atoms with E-state index in [2.05, 4.69) is 29.6 Å². The van der Waals surface area contributed by atoms with Crippen molar-refractivity contribution in [3.8, 4) is 11.1 Å². The topological polar surface area (TPSA) is 95.9 Å². The molecule has 0 saturated carbocycles. The Balaban J connectivity index is 1.41. The summed E-state index contributed by atoms with van der Waals surface area (Å²) >= 11 is 1.59. The summed E-state index contributed by atoms with van der Waals surface area (Å²) in [7, 11) is 0. The molecule has 0 bridgehead atoms. The third-order valence-electron chi connectivity index (χ3n) is 6.63. The molecule has 2 amide bonds. The zero-order valence-electron chi connectivity index (χ0n) is 19.2. The molecule has 2 aromatic rings. The normalized spacial score (nSPS) is 18.0. The summed E-state index contributed by atoms with van der Waals surface area (Å²) in [6.45, 7) is 0.856. The van der Waals surface area contributed by atoms with Gasteiger partial charge < -0.3 is 20.1 Å². The summed E-state index contributed by atoms with van der Waals surface area (Å²) in [5, 5.41) is 12.1. The molecule has 8 heteroatoms. The highest BCUT2D eigenvalue weighted by atomic mass is 32.2. The summed E-state index contributed by atoms with van der Waals surface area (Å²) in [4.78, 5) is 38.9. The number of carboxylic acid groups (broad SMARTS) is 1. The number of carbonyl (C=O) groups is 3. The average molecular weight is 483 g/mol. The fourth-order valence-electron chi connectivity index (χ4n) is 4.87. The second kappa shape index (κ2) is 11.0. The number of rotatable bonds is 8. The van der Waals surface area contributed by atoms with Crippen molar-refractivity contribution in [1.82, 2.24) is 10.2 Å². The molecule has 180 valence electrons. The first-order chi connectivity index (χ1) is 16.5. The van der Waals surface area contributed by atoms with Gasteiger partial charge >= 0.3 is 12.1 Å². The van der Waals surface area contributed by atoms with Crippen molar-refractivity contribution in [3.63, 3.8) is 0 Å². The number of piperidine rings is 1. The number of amides is 2. The van der Waals surface area contributed by atoms with Crippen LogP contribution in [0.1, 0.15) is 36.3 Å². The van der Waals surface area contributed by atoms with Gasteiger partial charge in [-0.3, -0.25) is 9.59 Å². The van der Waals surface area contributed by atoms with Gasteiger partial charge in [-0.25, -0.2) is 4.79 Å². The first-order valence-electron chi connectivity index (χ1n) is 11.6. The number of nitrogens with one attached hydrogen (secondary N) is 1. The summed E-state index contributed by atoms with van der Waals surface area (Å²) in [6, 6.07) is 15.5. The van der Waals surface area contributed by atoms with Crippen LogP contribution in [-0.4, -0.2) is 65.7 Å². The van der Waals surface area contributed by atoms with Gasteiger partial charge in [0, 0.05) is 19.0 Å². The molecule has 1 fully saturated rings. The average Bonchev–Trinajstić information content (AvgIpc) is 3.18. The second-order valence-electron chi connectivity index (χ2n) is 8.77. The van der Waals surface area contributed by atoms with Crippen molar-refractivity contribution < 1.29 is 24.2 Å². The number of hydrogen-bond donors (Lipinski definition) is 2. The van der Waals surface area contributed by atoms with E-state index in [1.165, 1.54) is 0 Å². The third kappa shape index (κ3) is 5.22. The Morgan fingerprint density at radius 3 is 2.38 bits per heavy atom. The molecule has 0 unspecified atom stereocenters. The highest BCUT2D eigenvalue weighted by molar-refractivity contribution is 7.98. The molecule has 1 aliphatic heterocycles. The third-order valence-corrected chi connectivity index (χ3v) is 7.27. The number of thioether (sulfide) groups is 1. The molecular weight excluding hydrogens is 452 g/mol. The molecule has 0 spiro atoms. The molecule has 1 saturated heterocycles. The van der Waals surface area contributed by atoms with Crippen LogP contribution in [0.5, 0.6) is 0 Å². The van der Waals surface area contributed by atoms with Crippen LogP contribution in [0.3, 0.4) is 0 Å². The summed E-state index contributed by atoms with van der Waals surface area (Å²) in [5.41, 5.74) is 4.55. The molecule has 2 N–H and O–H groups in total. The highest BCUT2D eigenvalue weighted by Gasteiger charge is 2.33. The minimum absolute atomic E-state index is 0.0584. The zero-order valence-corrected chi connectivity index (χ0v) is 20.1. The molecule has 2 atom stereocenters. The molecule has 2 aromatic carbocycles. The lowest BCUT2D eigenvalue weighted by Gasteiger charge is -2.33. The number of aliphatic carboxylic acids is 1. The van der Waals surface area contributed by atoms with Crippen LogP contribution in [-0.2, 0) is 14.3 Å². The van der Waals surface area contributed by atoms with E-state index in [4.69, 9.17) is 4.74 Å². The van der Waals surface area contributed by atoms with Gasteiger partial charge in [-0.2, -0.15) is 11.8 Å². The number of nitrogens with zero attached hydrogens (tertiary/aromatic N) is 1. The lowest BCUT2D eigenvalue weighted by Crippen LogP contribution is -2.52. The summed E-state index contributed by atoms with van der Waals surface area (Å²) in [6.07, 6.45) is 2.97. The van der Waals surface area contributed by atoms with Crippen molar-refractivity contribution in [1.29, 1.82) is 0 Å². The number of benzene rings is 2. The van der Waals surface area contributed by atoms with Gasteiger partial charge in [0.25, 0.3) is 0 Å². The fourth-order valence-corrected chi connectivity index (χ4v) is 5.35. The van der Waals surface area contributed by atoms with Gasteiger partial charge in [-0.15, -0.1) is 0 Å². The number of alkyl carbamates (subject to hydrolysis) is 1. The Morgan fingerprint density at radius 1 is 1.12 bits per heavy atom. The maximum Gasteiger partial charge on any atom is 0.407 e. The van der Waals surface area contributed by atoms with Gasteiger partial charge in [-0.05, 0) is 53.5 Å². The maximum atomic E-state index is 13.1. The predicted octanol–water partition coefficient (Wildman–Crippen LogP) is 3.97. The number of carbonyl (C=O) groups excluding carboxylic acids is 2. The van der Waals surface area contributed by atoms with Crippen LogP contribution >= 0.6 is 11.8 Å². The monoisotopic (exact) mass is 482 g/mol. The molecule has 0 radical (unpaired) electrons. The van der Waals surface area contributed by atoms with Gasteiger partial charge in [0.1, 0.15) is 12.6 Å². The van der Waals surface area contributed by atoms with Crippen LogP contribution in [0.25, 0.3) is 11.1 Å². The lowest BCUT2D eigenvalue weighted by molar-refractivity contribution is -0.146. The number of carboxylic acids is 1. The van der Waals surface area contributed by atoms with Crippen molar-refractivity contribution >= 4 is 29.7 Å². The van der Waals surface area contributed by atoms with E-state index in [1.54, 1.807) is 16.7 Å². The Kier molecular flexibility index (Phi) is 7.77. The number of likely N-dealkylation sites (tertiary alicyclic amines) is 1. The smallest absolute Gasteiger partial charge is 0.407 e. The quantitative estimate of drug-likeness (QED) is 0.591. The van der Waals surface area contributed by atoms with Gasteiger partial charge in [0.05, 0.1) is 5.92 Å². The van der Waals surface area contributed by atoms with Crippen LogP contribution < -0.4 is 5.32 Å². The minimum Gasteiger partial charge on any atom is -0.481 e. The number of hydrogen-bond acceptors (Lipinski definition) is 5. The predicted molar refractivity (Wildman–Crippen MR) is 132 cm³/mol. The largest absolute Gasteiger partial charge is 0.481 e. The van der Waals surface area contributed by atoms with Gasteiger partial charge in [0.2, 0.25) is 5.91 Å². The molecule has 34 heavy (non-hydrogen) atoms. The molecule has 7 nitrogen and oxygen atoms in total. The molecule has 4 rings (SSSR count). The van der Waals surface area contributed by atoms with Crippen molar-refractivity contribution in [2.24, 2.45) is 5.92 Å². The minimum atomic E-state index is -0.886. The Bertz CT molecular complexity index is 1010. The second-order valence-corrected chi connectivity index (χ2v) is 9.75. The van der Waals surface area contributed by atoms with E-state index in [0.717, 1.165) is 22.3 Å².